The van der Waals surface area contributed by atoms with Crippen LogP contribution in [0.25, 0.3) is 0 Å². The second-order valence-corrected chi connectivity index (χ2v) is 5.91. The number of hydrogen-bond donors (Lipinski definition) is 2. The molecule has 7 heteroatoms. The smallest absolute Gasteiger partial charge is 0.407 e. The van der Waals surface area contributed by atoms with Gasteiger partial charge in [0, 0.05) is 12.6 Å². The molecule has 23 heavy (non-hydrogen) atoms. The average Bonchev–Trinajstić information content (AvgIpc) is 2.44. The Morgan fingerprint density at radius 1 is 1.35 bits per heavy atom. The van der Waals surface area contributed by atoms with Crippen molar-refractivity contribution in [3.8, 4) is 0 Å². The van der Waals surface area contributed by atoms with Crippen molar-refractivity contribution in [2.75, 3.05) is 13.2 Å². The zero-order valence-electron chi connectivity index (χ0n) is 13.5. The first kappa shape index (κ1) is 19.2. The highest BCUT2D eigenvalue weighted by Gasteiger charge is 2.19. The lowest BCUT2D eigenvalue weighted by Gasteiger charge is -2.21. The molecule has 5 nitrogen and oxygen atoms in total. The van der Waals surface area contributed by atoms with Gasteiger partial charge in [0.05, 0.1) is 17.2 Å². The molecule has 2 N–H and O–H groups in total. The number of halogens is 2. The van der Waals surface area contributed by atoms with Crippen LogP contribution in [0.1, 0.15) is 37.6 Å². The van der Waals surface area contributed by atoms with Crippen molar-refractivity contribution >= 4 is 23.6 Å². The SMILES string of the molecule is CCOC(=O)NC(CNC(=O)c1c(F)cccc1Cl)CC(C)C. The van der Waals surface area contributed by atoms with Crippen molar-refractivity contribution < 1.29 is 18.7 Å². The first-order chi connectivity index (χ1) is 10.8. The Morgan fingerprint density at radius 3 is 2.61 bits per heavy atom. The molecule has 0 bridgehead atoms. The van der Waals surface area contributed by atoms with Crippen molar-refractivity contribution in [2.24, 2.45) is 5.92 Å². The quantitative estimate of drug-likeness (QED) is 0.797. The van der Waals surface area contributed by atoms with Crippen LogP contribution >= 0.6 is 11.6 Å². The van der Waals surface area contributed by atoms with Crippen LogP contribution in [0.3, 0.4) is 0 Å². The number of hydrogen-bond acceptors (Lipinski definition) is 3. The number of carbonyl (C=O) groups excluding carboxylic acids is 2. The molecule has 1 rings (SSSR count). The van der Waals surface area contributed by atoms with Gasteiger partial charge in [0.25, 0.3) is 5.91 Å². The molecular formula is C16H22ClFN2O3. The third kappa shape index (κ3) is 6.44. The Kier molecular flexibility index (Phi) is 7.81. The maximum absolute atomic E-state index is 13.7. The Bertz CT molecular complexity index is 532. The molecule has 2 amide bonds. The fourth-order valence-corrected chi connectivity index (χ4v) is 2.37. The van der Waals surface area contributed by atoms with E-state index in [0.717, 1.165) is 0 Å². The summed E-state index contributed by atoms with van der Waals surface area (Å²) in [5, 5.41) is 5.33. The molecule has 0 saturated heterocycles. The number of amides is 2. The normalized spacial score (nSPS) is 11.9. The van der Waals surface area contributed by atoms with Crippen LogP contribution < -0.4 is 10.6 Å². The predicted molar refractivity (Wildman–Crippen MR) is 87.1 cm³/mol. The fraction of sp³-hybridized carbons (Fsp3) is 0.500. The van der Waals surface area contributed by atoms with Gasteiger partial charge in [0.2, 0.25) is 0 Å². The second-order valence-electron chi connectivity index (χ2n) is 5.50. The van der Waals surface area contributed by atoms with Gasteiger partial charge in [0.1, 0.15) is 5.82 Å². The fourth-order valence-electron chi connectivity index (χ4n) is 2.12. The Labute approximate surface area is 140 Å². The minimum Gasteiger partial charge on any atom is -0.450 e. The van der Waals surface area contributed by atoms with Crippen molar-refractivity contribution in [3.05, 3.63) is 34.6 Å². The van der Waals surface area contributed by atoms with E-state index in [1.165, 1.54) is 18.2 Å². The summed E-state index contributed by atoms with van der Waals surface area (Å²) in [5.41, 5.74) is -0.200. The van der Waals surface area contributed by atoms with Crippen LogP contribution in [0.15, 0.2) is 18.2 Å². The molecule has 128 valence electrons. The molecule has 0 heterocycles. The number of carbonyl (C=O) groups is 2. The zero-order chi connectivity index (χ0) is 17.4. The minimum absolute atomic E-state index is 0.0428. The Morgan fingerprint density at radius 2 is 2.04 bits per heavy atom. The van der Waals surface area contributed by atoms with E-state index in [-0.39, 0.29) is 29.8 Å². The first-order valence-electron chi connectivity index (χ1n) is 7.50. The van der Waals surface area contributed by atoms with E-state index in [9.17, 15) is 14.0 Å². The van der Waals surface area contributed by atoms with Crippen LogP contribution in [-0.4, -0.2) is 31.2 Å². The Hall–Kier alpha value is -1.82. The van der Waals surface area contributed by atoms with Crippen molar-refractivity contribution in [1.29, 1.82) is 0 Å². The molecule has 0 aliphatic rings. The van der Waals surface area contributed by atoms with Crippen LogP contribution in [0.5, 0.6) is 0 Å². The maximum Gasteiger partial charge on any atom is 0.407 e. The molecule has 1 aromatic rings. The molecular weight excluding hydrogens is 323 g/mol. The van der Waals surface area contributed by atoms with Crippen molar-refractivity contribution in [2.45, 2.75) is 33.2 Å². The summed E-state index contributed by atoms with van der Waals surface area (Å²) in [4.78, 5) is 23.6. The first-order valence-corrected chi connectivity index (χ1v) is 7.88. The molecule has 0 fully saturated rings. The number of ether oxygens (including phenoxy) is 1. The largest absolute Gasteiger partial charge is 0.450 e. The number of rotatable bonds is 7. The molecule has 0 aromatic heterocycles. The van der Waals surface area contributed by atoms with Crippen LogP contribution in [-0.2, 0) is 4.74 Å². The number of nitrogens with one attached hydrogen (secondary N) is 2. The highest BCUT2D eigenvalue weighted by Crippen LogP contribution is 2.18. The van der Waals surface area contributed by atoms with E-state index >= 15 is 0 Å². The minimum atomic E-state index is -0.686. The van der Waals surface area contributed by atoms with E-state index in [0.29, 0.717) is 12.3 Å². The monoisotopic (exact) mass is 344 g/mol. The molecule has 0 radical (unpaired) electrons. The van der Waals surface area contributed by atoms with Crippen LogP contribution in [0.2, 0.25) is 5.02 Å². The maximum atomic E-state index is 13.7. The average molecular weight is 345 g/mol. The summed E-state index contributed by atoms with van der Waals surface area (Å²) < 4.78 is 18.6. The van der Waals surface area contributed by atoms with Gasteiger partial charge in [-0.1, -0.05) is 31.5 Å². The van der Waals surface area contributed by atoms with Gasteiger partial charge in [-0.25, -0.2) is 9.18 Å². The van der Waals surface area contributed by atoms with E-state index < -0.39 is 17.8 Å². The molecule has 0 aliphatic heterocycles. The van der Waals surface area contributed by atoms with Gasteiger partial charge in [-0.05, 0) is 31.4 Å². The lowest BCUT2D eigenvalue weighted by Crippen LogP contribution is -2.44. The molecule has 1 aromatic carbocycles. The van der Waals surface area contributed by atoms with Gasteiger partial charge < -0.3 is 15.4 Å². The summed E-state index contributed by atoms with van der Waals surface area (Å²) in [6, 6.07) is 3.73. The van der Waals surface area contributed by atoms with Crippen molar-refractivity contribution in [1.82, 2.24) is 10.6 Å². The summed E-state index contributed by atoms with van der Waals surface area (Å²) in [7, 11) is 0. The highest BCUT2D eigenvalue weighted by molar-refractivity contribution is 6.33. The van der Waals surface area contributed by atoms with E-state index in [4.69, 9.17) is 16.3 Å². The topological polar surface area (TPSA) is 67.4 Å². The van der Waals surface area contributed by atoms with Gasteiger partial charge in [-0.15, -0.1) is 0 Å². The van der Waals surface area contributed by atoms with E-state index in [2.05, 4.69) is 10.6 Å². The zero-order valence-corrected chi connectivity index (χ0v) is 14.2. The van der Waals surface area contributed by atoms with Crippen LogP contribution in [0.4, 0.5) is 9.18 Å². The predicted octanol–water partition coefficient (Wildman–Crippen LogP) is 3.37. The summed E-state index contributed by atoms with van der Waals surface area (Å²) in [5.74, 6) is -1.00. The highest BCUT2D eigenvalue weighted by atomic mass is 35.5. The third-order valence-electron chi connectivity index (χ3n) is 3.05. The number of alkyl carbamates (subject to hydrolysis) is 1. The van der Waals surface area contributed by atoms with Gasteiger partial charge in [-0.2, -0.15) is 0 Å². The van der Waals surface area contributed by atoms with E-state index in [1.807, 2.05) is 13.8 Å². The molecule has 0 spiro atoms. The van der Waals surface area contributed by atoms with Crippen LogP contribution in [0, 0.1) is 11.7 Å². The molecule has 0 saturated carbocycles. The summed E-state index contributed by atoms with van der Waals surface area (Å²) >= 11 is 5.86. The molecule has 1 unspecified atom stereocenters. The lowest BCUT2D eigenvalue weighted by atomic mass is 10.0. The summed E-state index contributed by atoms with van der Waals surface area (Å²) in [6.45, 7) is 6.11. The summed E-state index contributed by atoms with van der Waals surface area (Å²) in [6.07, 6.45) is 0.0979. The van der Waals surface area contributed by atoms with Gasteiger partial charge >= 0.3 is 6.09 Å². The standard InChI is InChI=1S/C16H22ClFN2O3/c1-4-23-16(22)20-11(8-10(2)3)9-19-15(21)14-12(17)6-5-7-13(14)18/h5-7,10-11H,4,8-9H2,1-3H3,(H,19,21)(H,20,22). The number of benzene rings is 1. The van der Waals surface area contributed by atoms with Gasteiger partial charge in [0.15, 0.2) is 0 Å². The Balaban J connectivity index is 2.69. The lowest BCUT2D eigenvalue weighted by molar-refractivity contribution is 0.0940. The third-order valence-corrected chi connectivity index (χ3v) is 3.37. The molecule has 1 atom stereocenters. The second kappa shape index (κ2) is 9.35. The van der Waals surface area contributed by atoms with Gasteiger partial charge in [-0.3, -0.25) is 4.79 Å². The van der Waals surface area contributed by atoms with Crippen molar-refractivity contribution in [3.63, 3.8) is 0 Å². The molecule has 0 aliphatic carbocycles. The van der Waals surface area contributed by atoms with E-state index in [1.54, 1.807) is 6.92 Å².